The van der Waals surface area contributed by atoms with Crippen molar-refractivity contribution < 1.29 is 4.74 Å². The largest absolute Gasteiger partial charge is 0.481 e. The van der Waals surface area contributed by atoms with Crippen LogP contribution in [0.15, 0.2) is 24.4 Å². The maximum Gasteiger partial charge on any atom is 0.218 e. The Morgan fingerprint density at radius 3 is 2.93 bits per heavy atom. The molecule has 0 unspecified atom stereocenters. The fourth-order valence-corrected chi connectivity index (χ4v) is 1.19. The molecule has 0 saturated heterocycles. The number of ether oxygens (including phenoxy) is 1. The third kappa shape index (κ3) is 1.44. The Morgan fingerprint density at radius 2 is 2.29 bits per heavy atom. The van der Waals surface area contributed by atoms with Gasteiger partial charge in [0.05, 0.1) is 12.8 Å². The van der Waals surface area contributed by atoms with E-state index in [1.54, 1.807) is 24.1 Å². The monoisotopic (exact) mass is 190 g/mol. The number of hydrogen-bond donors (Lipinski definition) is 0. The van der Waals surface area contributed by atoms with Crippen molar-refractivity contribution in [1.82, 2.24) is 20.0 Å². The molecule has 0 atom stereocenters. The predicted molar refractivity (Wildman–Crippen MR) is 50.4 cm³/mol. The summed E-state index contributed by atoms with van der Waals surface area (Å²) in [7, 11) is 1.60. The van der Waals surface area contributed by atoms with Gasteiger partial charge in [-0.3, -0.25) is 0 Å². The molecule has 14 heavy (non-hydrogen) atoms. The second kappa shape index (κ2) is 3.45. The maximum atomic E-state index is 5.15. The molecule has 2 aromatic rings. The lowest BCUT2D eigenvalue weighted by atomic mass is 10.5. The number of aromatic nitrogens is 4. The zero-order chi connectivity index (χ0) is 9.97. The fourth-order valence-electron chi connectivity index (χ4n) is 1.19. The lowest BCUT2D eigenvalue weighted by Gasteiger charge is -2.02. The van der Waals surface area contributed by atoms with Crippen LogP contribution >= 0.6 is 0 Å². The first kappa shape index (κ1) is 8.68. The highest BCUT2D eigenvalue weighted by Crippen LogP contribution is 2.16. The lowest BCUT2D eigenvalue weighted by Crippen LogP contribution is -2.02. The molecule has 2 heterocycles. The highest BCUT2D eigenvalue weighted by Gasteiger charge is 2.07. The van der Waals surface area contributed by atoms with E-state index in [4.69, 9.17) is 4.74 Å². The highest BCUT2D eigenvalue weighted by molar-refractivity contribution is 5.27. The first-order chi connectivity index (χ1) is 6.81. The minimum Gasteiger partial charge on any atom is -0.481 e. The van der Waals surface area contributed by atoms with Gasteiger partial charge in [0.2, 0.25) is 5.88 Å². The van der Waals surface area contributed by atoms with Gasteiger partial charge in [0.1, 0.15) is 0 Å². The topological polar surface area (TPSA) is 52.8 Å². The van der Waals surface area contributed by atoms with Crippen molar-refractivity contribution in [3.05, 3.63) is 30.1 Å². The second-order valence-corrected chi connectivity index (χ2v) is 2.82. The second-order valence-electron chi connectivity index (χ2n) is 2.82. The summed E-state index contributed by atoms with van der Waals surface area (Å²) in [5, 5.41) is 12.0. The summed E-state index contributed by atoms with van der Waals surface area (Å²) >= 11 is 0. The third-order valence-corrected chi connectivity index (χ3v) is 1.78. The molecular formula is C9H10N4O. The van der Waals surface area contributed by atoms with Gasteiger partial charge in [0.15, 0.2) is 5.82 Å². The summed E-state index contributed by atoms with van der Waals surface area (Å²) in [6.45, 7) is 1.90. The maximum absolute atomic E-state index is 5.15. The molecular weight excluding hydrogens is 180 g/mol. The van der Waals surface area contributed by atoms with E-state index < -0.39 is 0 Å². The van der Waals surface area contributed by atoms with Gasteiger partial charge in [-0.2, -0.15) is 14.9 Å². The van der Waals surface area contributed by atoms with Crippen molar-refractivity contribution in [2.45, 2.75) is 6.92 Å². The van der Waals surface area contributed by atoms with Crippen molar-refractivity contribution in [2.24, 2.45) is 0 Å². The van der Waals surface area contributed by atoms with Crippen LogP contribution in [0.4, 0.5) is 0 Å². The third-order valence-electron chi connectivity index (χ3n) is 1.78. The summed E-state index contributed by atoms with van der Waals surface area (Å²) in [5.74, 6) is 1.31. The summed E-state index contributed by atoms with van der Waals surface area (Å²) < 4.78 is 6.77. The van der Waals surface area contributed by atoms with Crippen molar-refractivity contribution in [3.63, 3.8) is 0 Å². The van der Waals surface area contributed by atoms with Crippen LogP contribution in [0.1, 0.15) is 5.69 Å². The Labute approximate surface area is 81.3 Å². The highest BCUT2D eigenvalue weighted by atomic mass is 16.5. The Morgan fingerprint density at radius 1 is 1.43 bits per heavy atom. The van der Waals surface area contributed by atoms with Gasteiger partial charge >= 0.3 is 0 Å². The minimum atomic E-state index is 0.650. The standard InChI is InChI=1S/C9H10N4O/c1-7-6-9(14-2)13(12-7)8-4-3-5-10-11-8/h3-6H,1-2H3. The van der Waals surface area contributed by atoms with Gasteiger partial charge < -0.3 is 4.74 Å². The molecule has 2 rings (SSSR count). The van der Waals surface area contributed by atoms with Crippen LogP contribution < -0.4 is 4.74 Å². The van der Waals surface area contributed by atoms with Gasteiger partial charge in [-0.25, -0.2) is 0 Å². The summed E-state index contributed by atoms with van der Waals surface area (Å²) in [5.41, 5.74) is 0.882. The van der Waals surface area contributed by atoms with Crippen LogP contribution in [0.2, 0.25) is 0 Å². The van der Waals surface area contributed by atoms with E-state index in [2.05, 4.69) is 15.3 Å². The normalized spacial score (nSPS) is 10.1. The molecule has 0 saturated carbocycles. The average Bonchev–Trinajstić information content (AvgIpc) is 2.61. The molecule has 0 fully saturated rings. The quantitative estimate of drug-likeness (QED) is 0.708. The number of hydrogen-bond acceptors (Lipinski definition) is 4. The van der Waals surface area contributed by atoms with Crippen LogP contribution in [0.5, 0.6) is 5.88 Å². The SMILES string of the molecule is COc1cc(C)nn1-c1cccnn1. The molecule has 0 aliphatic heterocycles. The van der Waals surface area contributed by atoms with E-state index in [9.17, 15) is 0 Å². The molecule has 0 bridgehead atoms. The molecule has 0 amide bonds. The molecule has 0 spiro atoms. The molecule has 0 radical (unpaired) electrons. The summed E-state index contributed by atoms with van der Waals surface area (Å²) in [4.78, 5) is 0. The van der Waals surface area contributed by atoms with Crippen molar-refractivity contribution in [3.8, 4) is 11.7 Å². The van der Waals surface area contributed by atoms with Gasteiger partial charge in [-0.05, 0) is 19.1 Å². The summed E-state index contributed by atoms with van der Waals surface area (Å²) in [6.07, 6.45) is 1.62. The molecule has 5 nitrogen and oxygen atoms in total. The fraction of sp³-hybridized carbons (Fsp3) is 0.222. The number of nitrogens with zero attached hydrogens (tertiary/aromatic N) is 4. The number of rotatable bonds is 2. The Balaban J connectivity index is 2.51. The minimum absolute atomic E-state index is 0.650. The Hall–Kier alpha value is -1.91. The average molecular weight is 190 g/mol. The van der Waals surface area contributed by atoms with E-state index in [-0.39, 0.29) is 0 Å². The predicted octanol–water partition coefficient (Wildman–Crippen LogP) is 0.979. The van der Waals surface area contributed by atoms with Gasteiger partial charge in [-0.1, -0.05) is 0 Å². The molecule has 2 aromatic heterocycles. The molecule has 0 aliphatic carbocycles. The van der Waals surface area contributed by atoms with Crippen LogP contribution in [0.25, 0.3) is 5.82 Å². The molecule has 0 aromatic carbocycles. The molecule has 5 heteroatoms. The Bertz CT molecular complexity index is 424. The molecule has 72 valence electrons. The zero-order valence-electron chi connectivity index (χ0n) is 8.01. The van der Waals surface area contributed by atoms with Gasteiger partial charge in [0.25, 0.3) is 0 Å². The van der Waals surface area contributed by atoms with Crippen molar-refractivity contribution in [1.29, 1.82) is 0 Å². The van der Waals surface area contributed by atoms with E-state index in [0.717, 1.165) is 5.69 Å². The number of methoxy groups -OCH3 is 1. The first-order valence-electron chi connectivity index (χ1n) is 4.20. The molecule has 0 aliphatic rings. The molecule has 0 N–H and O–H groups in total. The van der Waals surface area contributed by atoms with Crippen LogP contribution in [0.3, 0.4) is 0 Å². The van der Waals surface area contributed by atoms with Crippen LogP contribution in [-0.4, -0.2) is 27.1 Å². The van der Waals surface area contributed by atoms with E-state index in [0.29, 0.717) is 11.7 Å². The first-order valence-corrected chi connectivity index (χ1v) is 4.20. The lowest BCUT2D eigenvalue weighted by molar-refractivity contribution is 0.382. The smallest absolute Gasteiger partial charge is 0.218 e. The zero-order valence-corrected chi connectivity index (χ0v) is 8.01. The summed E-state index contributed by atoms with van der Waals surface area (Å²) in [6, 6.07) is 5.47. The number of aryl methyl sites for hydroxylation is 1. The Kier molecular flexibility index (Phi) is 2.14. The van der Waals surface area contributed by atoms with Gasteiger partial charge in [-0.15, -0.1) is 5.10 Å². The van der Waals surface area contributed by atoms with E-state index in [1.165, 1.54) is 0 Å². The van der Waals surface area contributed by atoms with Crippen molar-refractivity contribution in [2.75, 3.05) is 7.11 Å². The van der Waals surface area contributed by atoms with Gasteiger partial charge in [0, 0.05) is 12.3 Å². The van der Waals surface area contributed by atoms with Crippen LogP contribution in [-0.2, 0) is 0 Å². The van der Waals surface area contributed by atoms with Crippen molar-refractivity contribution >= 4 is 0 Å². The van der Waals surface area contributed by atoms with E-state index >= 15 is 0 Å². The van der Waals surface area contributed by atoms with Crippen LogP contribution in [0, 0.1) is 6.92 Å². The van der Waals surface area contributed by atoms with E-state index in [1.807, 2.05) is 19.1 Å².